The Balaban J connectivity index is 1.90. The Kier molecular flexibility index (Phi) is 3.58. The lowest BCUT2D eigenvalue weighted by Crippen LogP contribution is -2.02. The first kappa shape index (κ1) is 13.6. The van der Waals surface area contributed by atoms with E-state index in [0.29, 0.717) is 10.5 Å². The van der Waals surface area contributed by atoms with Crippen molar-refractivity contribution in [2.75, 3.05) is 0 Å². The molecule has 0 fully saturated rings. The number of furan rings is 1. The molecule has 1 atom stereocenters. The summed E-state index contributed by atoms with van der Waals surface area (Å²) < 4.78 is 17.3. The number of benzene rings is 2. The Morgan fingerprint density at radius 2 is 1.86 bits per heavy atom. The van der Waals surface area contributed by atoms with Crippen LogP contribution in [0, 0.1) is 0 Å². The van der Waals surface area contributed by atoms with Crippen LogP contribution in [-0.2, 0) is 16.6 Å². The van der Waals surface area contributed by atoms with Crippen LogP contribution in [0.2, 0.25) is 0 Å². The monoisotopic (exact) mass is 300 g/mol. The van der Waals surface area contributed by atoms with Crippen molar-refractivity contribution >= 4 is 27.5 Å². The van der Waals surface area contributed by atoms with E-state index in [0.717, 1.165) is 10.8 Å². The van der Waals surface area contributed by atoms with E-state index in [9.17, 15) is 9.00 Å². The number of aromatic carboxylic acids is 1. The average molecular weight is 300 g/mol. The summed E-state index contributed by atoms with van der Waals surface area (Å²) in [5.74, 6) is -1.18. The molecule has 5 heteroatoms. The van der Waals surface area contributed by atoms with Crippen LogP contribution in [0.3, 0.4) is 0 Å². The van der Waals surface area contributed by atoms with Crippen molar-refractivity contribution in [3.05, 3.63) is 66.1 Å². The third-order valence-corrected chi connectivity index (χ3v) is 4.56. The van der Waals surface area contributed by atoms with Gasteiger partial charge in [0.1, 0.15) is 0 Å². The van der Waals surface area contributed by atoms with Gasteiger partial charge in [-0.3, -0.25) is 4.21 Å². The smallest absolute Gasteiger partial charge is 0.372 e. The van der Waals surface area contributed by atoms with E-state index in [1.54, 1.807) is 12.1 Å². The van der Waals surface area contributed by atoms with Crippen molar-refractivity contribution in [2.45, 2.75) is 10.6 Å². The number of fused-ring (bicyclic) bond motifs is 1. The van der Waals surface area contributed by atoms with E-state index >= 15 is 0 Å². The van der Waals surface area contributed by atoms with Gasteiger partial charge in [-0.15, -0.1) is 0 Å². The summed E-state index contributed by atoms with van der Waals surface area (Å²) in [7, 11) is -1.32. The second-order valence-electron chi connectivity index (χ2n) is 4.58. The second kappa shape index (κ2) is 5.54. The zero-order chi connectivity index (χ0) is 14.8. The summed E-state index contributed by atoms with van der Waals surface area (Å²) in [4.78, 5) is 11.7. The lowest BCUT2D eigenvalue weighted by atomic mass is 10.1. The molecule has 2 aromatic carbocycles. The second-order valence-corrected chi connectivity index (χ2v) is 6.03. The first-order chi connectivity index (χ1) is 10.1. The number of carboxylic acids is 1. The van der Waals surface area contributed by atoms with Crippen LogP contribution in [0.4, 0.5) is 0 Å². The summed E-state index contributed by atoms with van der Waals surface area (Å²) in [6.07, 6.45) is 1.30. The van der Waals surface area contributed by atoms with Crippen molar-refractivity contribution in [3.8, 4) is 0 Å². The summed E-state index contributed by atoms with van der Waals surface area (Å²) >= 11 is 0. The van der Waals surface area contributed by atoms with Crippen molar-refractivity contribution in [1.29, 1.82) is 0 Å². The molecule has 1 heterocycles. The first-order valence-electron chi connectivity index (χ1n) is 6.32. The fraction of sp³-hybridized carbons (Fsp3) is 0.0625. The summed E-state index contributed by atoms with van der Waals surface area (Å²) in [6.45, 7) is 0. The van der Waals surface area contributed by atoms with Gasteiger partial charge in [0.2, 0.25) is 5.76 Å². The molecule has 3 rings (SSSR count). The Labute approximate surface area is 123 Å². The molecular weight excluding hydrogens is 288 g/mol. The molecule has 0 radical (unpaired) electrons. The van der Waals surface area contributed by atoms with Crippen LogP contribution < -0.4 is 0 Å². The number of hydrogen-bond acceptors (Lipinski definition) is 3. The Hall–Kier alpha value is -2.40. The van der Waals surface area contributed by atoms with Gasteiger partial charge in [0.25, 0.3) is 0 Å². The molecule has 0 bridgehead atoms. The molecule has 1 N–H and O–H groups in total. The molecule has 0 aliphatic carbocycles. The van der Waals surface area contributed by atoms with Crippen molar-refractivity contribution < 1.29 is 18.5 Å². The molecule has 0 spiro atoms. The standard InChI is InChI=1S/C16H12O4S/c17-16(18)15-13(7-8-20-15)10-21(19)14-6-5-11-3-1-2-4-12(11)9-14/h1-9H,10H2,(H,17,18). The molecule has 0 aliphatic heterocycles. The highest BCUT2D eigenvalue weighted by atomic mass is 32.2. The molecule has 21 heavy (non-hydrogen) atoms. The van der Waals surface area contributed by atoms with Crippen LogP contribution in [0.15, 0.2) is 64.1 Å². The molecule has 1 aromatic heterocycles. The zero-order valence-electron chi connectivity index (χ0n) is 11.0. The maximum Gasteiger partial charge on any atom is 0.372 e. The van der Waals surface area contributed by atoms with Crippen LogP contribution in [0.1, 0.15) is 16.1 Å². The molecule has 0 amide bonds. The minimum absolute atomic E-state index is 0.122. The van der Waals surface area contributed by atoms with E-state index in [-0.39, 0.29) is 11.5 Å². The number of carboxylic acid groups (broad SMARTS) is 1. The summed E-state index contributed by atoms with van der Waals surface area (Å²) in [5, 5.41) is 11.1. The third kappa shape index (κ3) is 2.73. The van der Waals surface area contributed by atoms with Crippen molar-refractivity contribution in [1.82, 2.24) is 0 Å². The largest absolute Gasteiger partial charge is 0.475 e. The highest BCUT2D eigenvalue weighted by molar-refractivity contribution is 7.84. The summed E-state index contributed by atoms with van der Waals surface area (Å²) in [5.41, 5.74) is 0.439. The fourth-order valence-corrected chi connectivity index (χ4v) is 3.33. The number of carbonyl (C=O) groups is 1. The van der Waals surface area contributed by atoms with E-state index in [2.05, 4.69) is 0 Å². The molecule has 0 aliphatic rings. The predicted molar refractivity (Wildman–Crippen MR) is 79.7 cm³/mol. The normalized spacial score (nSPS) is 12.4. The molecule has 0 saturated heterocycles. The topological polar surface area (TPSA) is 67.5 Å². The lowest BCUT2D eigenvalue weighted by molar-refractivity contribution is 0.0661. The lowest BCUT2D eigenvalue weighted by Gasteiger charge is -2.04. The molecular formula is C16H12O4S. The first-order valence-corrected chi connectivity index (χ1v) is 7.64. The Morgan fingerprint density at radius 1 is 1.10 bits per heavy atom. The average Bonchev–Trinajstić information content (AvgIpc) is 2.95. The number of rotatable bonds is 4. The van der Waals surface area contributed by atoms with E-state index in [1.165, 1.54) is 6.26 Å². The van der Waals surface area contributed by atoms with Gasteiger partial charge in [-0.2, -0.15) is 0 Å². The molecule has 0 saturated carbocycles. The summed E-state index contributed by atoms with van der Waals surface area (Å²) in [6, 6.07) is 14.9. The van der Waals surface area contributed by atoms with E-state index in [4.69, 9.17) is 9.52 Å². The SMILES string of the molecule is O=C(O)c1occc1CS(=O)c1ccc2ccccc2c1. The quantitative estimate of drug-likeness (QED) is 0.801. The van der Waals surface area contributed by atoms with Gasteiger partial charge in [0.05, 0.1) is 22.8 Å². The van der Waals surface area contributed by atoms with Gasteiger partial charge < -0.3 is 9.52 Å². The van der Waals surface area contributed by atoms with Gasteiger partial charge in [0.15, 0.2) is 0 Å². The predicted octanol–water partition coefficient (Wildman–Crippen LogP) is 3.44. The van der Waals surface area contributed by atoms with Crippen LogP contribution in [-0.4, -0.2) is 15.3 Å². The minimum Gasteiger partial charge on any atom is -0.475 e. The van der Waals surface area contributed by atoms with Gasteiger partial charge in [-0.25, -0.2) is 4.79 Å². The van der Waals surface area contributed by atoms with Crippen molar-refractivity contribution in [2.24, 2.45) is 0 Å². The Bertz CT molecular complexity index is 835. The maximum atomic E-state index is 12.4. The van der Waals surface area contributed by atoms with Crippen LogP contribution >= 0.6 is 0 Å². The maximum absolute atomic E-state index is 12.4. The fourth-order valence-electron chi connectivity index (χ4n) is 2.17. The minimum atomic E-state index is -1.32. The van der Waals surface area contributed by atoms with E-state index in [1.807, 2.05) is 36.4 Å². The molecule has 4 nitrogen and oxygen atoms in total. The van der Waals surface area contributed by atoms with Gasteiger partial charge in [-0.05, 0) is 29.0 Å². The van der Waals surface area contributed by atoms with Gasteiger partial charge in [-0.1, -0.05) is 30.3 Å². The Morgan fingerprint density at radius 3 is 2.62 bits per heavy atom. The highest BCUT2D eigenvalue weighted by Gasteiger charge is 2.16. The van der Waals surface area contributed by atoms with Crippen LogP contribution in [0.25, 0.3) is 10.8 Å². The van der Waals surface area contributed by atoms with Crippen LogP contribution in [0.5, 0.6) is 0 Å². The highest BCUT2D eigenvalue weighted by Crippen LogP contribution is 2.21. The molecule has 106 valence electrons. The van der Waals surface area contributed by atoms with Crippen molar-refractivity contribution in [3.63, 3.8) is 0 Å². The van der Waals surface area contributed by atoms with E-state index < -0.39 is 16.8 Å². The molecule has 3 aromatic rings. The van der Waals surface area contributed by atoms with Gasteiger partial charge in [0, 0.05) is 10.5 Å². The zero-order valence-corrected chi connectivity index (χ0v) is 11.8. The van der Waals surface area contributed by atoms with Gasteiger partial charge >= 0.3 is 5.97 Å². The number of hydrogen-bond donors (Lipinski definition) is 1. The molecule has 1 unspecified atom stereocenters. The third-order valence-electron chi connectivity index (χ3n) is 3.21.